The van der Waals surface area contributed by atoms with Gasteiger partial charge in [-0.15, -0.1) is 0 Å². The molecular weight excluding hydrogens is 314 g/mol. The van der Waals surface area contributed by atoms with E-state index in [9.17, 15) is 22.4 Å². The molecule has 1 unspecified atom stereocenters. The first kappa shape index (κ1) is 17.6. The minimum absolute atomic E-state index is 0.218. The van der Waals surface area contributed by atoms with Crippen molar-refractivity contribution < 1.29 is 27.1 Å². The van der Waals surface area contributed by atoms with Crippen LogP contribution in [0.1, 0.15) is 44.2 Å². The van der Waals surface area contributed by atoms with E-state index in [4.69, 9.17) is 4.74 Å². The third kappa shape index (κ3) is 4.59. The maximum atomic E-state index is 13.5. The van der Waals surface area contributed by atoms with Crippen LogP contribution in [0.2, 0.25) is 0 Å². The van der Waals surface area contributed by atoms with Gasteiger partial charge >= 0.3 is 12.3 Å². The molecular formula is C16H19F4NO2. The lowest BCUT2D eigenvalue weighted by Gasteiger charge is -2.24. The fourth-order valence-electron chi connectivity index (χ4n) is 2.54. The van der Waals surface area contributed by atoms with Gasteiger partial charge in [0.15, 0.2) is 0 Å². The van der Waals surface area contributed by atoms with Crippen molar-refractivity contribution in [1.29, 1.82) is 0 Å². The second kappa shape index (κ2) is 6.02. The van der Waals surface area contributed by atoms with Gasteiger partial charge in [0.2, 0.25) is 0 Å². The molecule has 0 bridgehead atoms. The molecule has 0 aliphatic carbocycles. The van der Waals surface area contributed by atoms with E-state index >= 15 is 0 Å². The van der Waals surface area contributed by atoms with Crippen LogP contribution in [0.25, 0.3) is 0 Å². The number of carbonyl (C=O) groups excluding carboxylic acids is 1. The first-order valence-corrected chi connectivity index (χ1v) is 7.31. The summed E-state index contributed by atoms with van der Waals surface area (Å²) >= 11 is 0. The number of rotatable bonds is 1. The van der Waals surface area contributed by atoms with Gasteiger partial charge in [-0.25, -0.2) is 9.18 Å². The van der Waals surface area contributed by atoms with E-state index in [2.05, 4.69) is 0 Å². The van der Waals surface area contributed by atoms with Gasteiger partial charge < -0.3 is 9.64 Å². The lowest BCUT2D eigenvalue weighted by molar-refractivity contribution is -0.137. The third-order valence-corrected chi connectivity index (χ3v) is 3.56. The Morgan fingerprint density at radius 1 is 1.22 bits per heavy atom. The summed E-state index contributed by atoms with van der Waals surface area (Å²) in [4.78, 5) is 13.4. The Balaban J connectivity index is 2.13. The predicted molar refractivity (Wildman–Crippen MR) is 76.6 cm³/mol. The second-order valence-corrected chi connectivity index (χ2v) is 6.68. The lowest BCUT2D eigenvalue weighted by atomic mass is 9.96. The number of benzene rings is 1. The lowest BCUT2D eigenvalue weighted by Crippen LogP contribution is -2.35. The van der Waals surface area contributed by atoms with E-state index in [-0.39, 0.29) is 18.0 Å². The fourth-order valence-corrected chi connectivity index (χ4v) is 2.54. The molecule has 7 heteroatoms. The van der Waals surface area contributed by atoms with Crippen LogP contribution in [-0.4, -0.2) is 29.7 Å². The molecule has 1 aliphatic heterocycles. The van der Waals surface area contributed by atoms with Crippen molar-refractivity contribution in [1.82, 2.24) is 4.90 Å². The maximum absolute atomic E-state index is 13.5. The van der Waals surface area contributed by atoms with Gasteiger partial charge in [-0.05, 0) is 51.0 Å². The molecule has 1 aliphatic rings. The molecule has 1 aromatic carbocycles. The molecule has 0 radical (unpaired) electrons. The first-order valence-electron chi connectivity index (χ1n) is 7.31. The average molecular weight is 333 g/mol. The summed E-state index contributed by atoms with van der Waals surface area (Å²) in [5.41, 5.74) is -1.40. The molecule has 3 nitrogen and oxygen atoms in total. The van der Waals surface area contributed by atoms with Crippen LogP contribution < -0.4 is 0 Å². The monoisotopic (exact) mass is 333 g/mol. The van der Waals surface area contributed by atoms with E-state index in [1.54, 1.807) is 20.8 Å². The van der Waals surface area contributed by atoms with E-state index in [1.165, 1.54) is 4.90 Å². The molecule has 128 valence electrons. The highest BCUT2D eigenvalue weighted by Crippen LogP contribution is 2.34. The average Bonchev–Trinajstić information content (AvgIpc) is 2.84. The maximum Gasteiger partial charge on any atom is 0.416 e. The van der Waals surface area contributed by atoms with Crippen molar-refractivity contribution in [3.8, 4) is 0 Å². The van der Waals surface area contributed by atoms with Gasteiger partial charge in [0, 0.05) is 19.0 Å². The van der Waals surface area contributed by atoms with Crippen molar-refractivity contribution in [3.05, 3.63) is 35.1 Å². The van der Waals surface area contributed by atoms with Gasteiger partial charge in [0.25, 0.3) is 0 Å². The number of alkyl halides is 3. The quantitative estimate of drug-likeness (QED) is 0.705. The van der Waals surface area contributed by atoms with Crippen LogP contribution in [0, 0.1) is 5.82 Å². The first-order chi connectivity index (χ1) is 10.5. The zero-order valence-electron chi connectivity index (χ0n) is 13.2. The zero-order valence-corrected chi connectivity index (χ0v) is 13.2. The van der Waals surface area contributed by atoms with E-state index < -0.39 is 29.3 Å². The minimum atomic E-state index is -4.60. The largest absolute Gasteiger partial charge is 0.444 e. The molecule has 0 saturated carbocycles. The Morgan fingerprint density at radius 2 is 1.87 bits per heavy atom. The molecule has 1 fully saturated rings. The van der Waals surface area contributed by atoms with E-state index in [0.29, 0.717) is 19.0 Å². The van der Waals surface area contributed by atoms with Crippen molar-refractivity contribution >= 4 is 6.09 Å². The Kier molecular flexibility index (Phi) is 4.59. The molecule has 1 atom stereocenters. The van der Waals surface area contributed by atoms with Crippen molar-refractivity contribution in [2.45, 2.75) is 44.9 Å². The molecule has 1 amide bonds. The number of nitrogens with zero attached hydrogens (tertiary/aromatic N) is 1. The van der Waals surface area contributed by atoms with Gasteiger partial charge in [-0.3, -0.25) is 0 Å². The number of amides is 1. The highest BCUT2D eigenvalue weighted by atomic mass is 19.4. The number of halogens is 4. The normalized spacial score (nSPS) is 19.1. The Morgan fingerprint density at radius 3 is 2.43 bits per heavy atom. The van der Waals surface area contributed by atoms with Crippen LogP contribution in [0.5, 0.6) is 0 Å². The molecule has 0 spiro atoms. The summed E-state index contributed by atoms with van der Waals surface area (Å²) < 4.78 is 57.0. The van der Waals surface area contributed by atoms with E-state index in [1.807, 2.05) is 0 Å². The predicted octanol–water partition coefficient (Wildman–Crippen LogP) is 4.57. The summed E-state index contributed by atoms with van der Waals surface area (Å²) in [5, 5.41) is 0. The Bertz CT molecular complexity index is 593. The Labute approximate surface area is 132 Å². The zero-order chi connectivity index (χ0) is 17.4. The van der Waals surface area contributed by atoms with Crippen LogP contribution >= 0.6 is 0 Å². The highest BCUT2D eigenvalue weighted by Gasteiger charge is 2.34. The van der Waals surface area contributed by atoms with Crippen molar-refractivity contribution in [3.63, 3.8) is 0 Å². The standard InChI is InChI=1S/C16H19F4NO2/c1-15(2,3)23-14(22)21-5-4-10(9-21)11-6-12(16(18,19)20)8-13(17)7-11/h6-8,10H,4-5,9H2,1-3H3. The van der Waals surface area contributed by atoms with Crippen molar-refractivity contribution in [2.75, 3.05) is 13.1 Å². The molecule has 1 heterocycles. The topological polar surface area (TPSA) is 29.5 Å². The summed E-state index contributed by atoms with van der Waals surface area (Å²) in [6.07, 6.45) is -4.63. The van der Waals surface area contributed by atoms with Crippen LogP contribution in [0.3, 0.4) is 0 Å². The molecule has 0 aromatic heterocycles. The second-order valence-electron chi connectivity index (χ2n) is 6.68. The van der Waals surface area contributed by atoms with Crippen LogP contribution in [0.15, 0.2) is 18.2 Å². The van der Waals surface area contributed by atoms with E-state index in [0.717, 1.165) is 12.1 Å². The number of carbonyl (C=O) groups is 1. The summed E-state index contributed by atoms with van der Waals surface area (Å²) in [6, 6.07) is 2.52. The van der Waals surface area contributed by atoms with Crippen LogP contribution in [0.4, 0.5) is 22.4 Å². The molecule has 1 aromatic rings. The fraction of sp³-hybridized carbons (Fsp3) is 0.562. The highest BCUT2D eigenvalue weighted by molar-refractivity contribution is 5.68. The minimum Gasteiger partial charge on any atom is -0.444 e. The van der Waals surface area contributed by atoms with Crippen molar-refractivity contribution in [2.24, 2.45) is 0 Å². The molecule has 23 heavy (non-hydrogen) atoms. The number of likely N-dealkylation sites (tertiary alicyclic amines) is 1. The van der Waals surface area contributed by atoms with Crippen LogP contribution in [-0.2, 0) is 10.9 Å². The smallest absolute Gasteiger partial charge is 0.416 e. The van der Waals surface area contributed by atoms with Gasteiger partial charge in [0.05, 0.1) is 5.56 Å². The molecule has 1 saturated heterocycles. The third-order valence-electron chi connectivity index (χ3n) is 3.56. The number of ether oxygens (including phenoxy) is 1. The SMILES string of the molecule is CC(C)(C)OC(=O)N1CCC(c2cc(F)cc(C(F)(F)F)c2)C1. The summed E-state index contributed by atoms with van der Waals surface area (Å²) in [6.45, 7) is 5.80. The number of hydrogen-bond acceptors (Lipinski definition) is 2. The molecule has 2 rings (SSSR count). The summed E-state index contributed by atoms with van der Waals surface area (Å²) in [7, 11) is 0. The van der Waals surface area contributed by atoms with Gasteiger partial charge in [-0.1, -0.05) is 0 Å². The molecule has 0 N–H and O–H groups in total. The number of hydrogen-bond donors (Lipinski definition) is 0. The van der Waals surface area contributed by atoms with Gasteiger partial charge in [0.1, 0.15) is 11.4 Å². The Hall–Kier alpha value is -1.79. The summed E-state index contributed by atoms with van der Waals surface area (Å²) in [5.74, 6) is -1.26. The van der Waals surface area contributed by atoms with Gasteiger partial charge in [-0.2, -0.15) is 13.2 Å².